The van der Waals surface area contributed by atoms with Gasteiger partial charge in [0, 0.05) is 14.0 Å². The average Bonchev–Trinajstić information content (AvgIpc) is 2.63. The Morgan fingerprint density at radius 1 is 0.963 bits per heavy atom. The van der Waals surface area contributed by atoms with Gasteiger partial charge in [-0.1, -0.05) is 0 Å². The van der Waals surface area contributed by atoms with Crippen molar-refractivity contribution in [1.29, 1.82) is 0 Å². The Hall–Kier alpha value is -0.930. The van der Waals surface area contributed by atoms with Gasteiger partial charge in [0.05, 0.1) is 13.2 Å². The van der Waals surface area contributed by atoms with Crippen LogP contribution >= 0.6 is 0 Å². The maximum Gasteiger partial charge on any atom is 0.217 e. The summed E-state index contributed by atoms with van der Waals surface area (Å²) in [5.74, 6) is -0.537. The van der Waals surface area contributed by atoms with Crippen LogP contribution in [0.15, 0.2) is 0 Å². The van der Waals surface area contributed by atoms with Crippen LogP contribution in [0.3, 0.4) is 0 Å². The van der Waals surface area contributed by atoms with Crippen molar-refractivity contribution in [3.05, 3.63) is 0 Å². The first kappa shape index (κ1) is 22.4. The molecule has 0 aromatic heterocycles. The molecule has 0 aromatic rings. The number of nitrogens with one attached hydrogen (secondary N) is 1. The lowest BCUT2D eigenvalue weighted by atomic mass is 9.95. The summed E-state index contributed by atoms with van der Waals surface area (Å²) in [6, 6.07) is -1.25. The summed E-state index contributed by atoms with van der Waals surface area (Å²) >= 11 is 0. The van der Waals surface area contributed by atoms with Gasteiger partial charge in [0.25, 0.3) is 0 Å². The number of hydrogen-bond acceptors (Lipinski definition) is 11. The molecule has 10 atom stereocenters. The second-order valence-electron chi connectivity index (χ2n) is 6.47. The monoisotopic (exact) mass is 397 g/mol. The molecule has 0 aromatic carbocycles. The minimum atomic E-state index is -1.59. The van der Waals surface area contributed by atoms with E-state index in [-0.39, 0.29) is 0 Å². The molecule has 2 fully saturated rings. The van der Waals surface area contributed by atoms with Crippen LogP contribution in [0.4, 0.5) is 0 Å². The Balaban J connectivity index is 2.21. The topological polar surface area (TPSA) is 187 Å². The first-order chi connectivity index (χ1) is 12.7. The summed E-state index contributed by atoms with van der Waals surface area (Å²) in [6.45, 7) is -0.0678. The van der Waals surface area contributed by atoms with Crippen molar-refractivity contribution >= 4 is 5.91 Å². The first-order valence-electron chi connectivity index (χ1n) is 8.45. The predicted octanol–water partition coefficient (Wildman–Crippen LogP) is -4.60. The molecule has 2 aliphatic heterocycles. The van der Waals surface area contributed by atoms with Gasteiger partial charge in [-0.2, -0.15) is 0 Å². The Kier molecular flexibility index (Phi) is 7.88. The second-order valence-corrected chi connectivity index (χ2v) is 6.47. The van der Waals surface area contributed by atoms with E-state index in [1.54, 1.807) is 0 Å². The smallest absolute Gasteiger partial charge is 0.217 e. The van der Waals surface area contributed by atoms with Crippen molar-refractivity contribution in [3.63, 3.8) is 0 Å². The van der Waals surface area contributed by atoms with Crippen LogP contribution in [-0.4, -0.2) is 118 Å². The fourth-order valence-corrected chi connectivity index (χ4v) is 3.21. The molecular weight excluding hydrogens is 370 g/mol. The number of carbonyl (C=O) groups is 1. The van der Waals surface area contributed by atoms with E-state index >= 15 is 0 Å². The third kappa shape index (κ3) is 4.74. The molecule has 158 valence electrons. The summed E-state index contributed by atoms with van der Waals surface area (Å²) in [4.78, 5) is 11.3. The molecule has 1 unspecified atom stereocenters. The van der Waals surface area contributed by atoms with E-state index in [1.165, 1.54) is 14.0 Å². The third-order valence-electron chi connectivity index (χ3n) is 4.63. The lowest BCUT2D eigenvalue weighted by Crippen LogP contribution is -2.67. The van der Waals surface area contributed by atoms with Crippen molar-refractivity contribution in [2.75, 3.05) is 20.3 Å². The van der Waals surface area contributed by atoms with Gasteiger partial charge in [-0.15, -0.1) is 0 Å². The van der Waals surface area contributed by atoms with Crippen molar-refractivity contribution < 1.29 is 54.4 Å². The molecule has 1 amide bonds. The standard InChI is InChI=1S/C15H27NO11/c1-5(19)16-8-10(21)12(7(4-18)25-14(8)23)27-15-13(24-2)11(22)9(20)6(3-17)26-15/h6-15,17-18,20-23H,3-4H2,1-2H3,(H,16,19)/t6-,7-,8-,9+,10-,11+,12-,13-,14?,15+/m1/s1. The average molecular weight is 397 g/mol. The summed E-state index contributed by atoms with van der Waals surface area (Å²) in [5, 5.41) is 61.7. The Morgan fingerprint density at radius 3 is 2.11 bits per heavy atom. The SMILES string of the molecule is CO[C@H]1[C@H](O[C@H]2[C@H](O)[C@@H](NC(C)=O)C(O)O[C@@H]2CO)O[C@H](CO)[C@H](O)[C@@H]1O. The molecule has 2 heterocycles. The first-order valence-corrected chi connectivity index (χ1v) is 8.45. The highest BCUT2D eigenvalue weighted by atomic mass is 16.7. The zero-order valence-corrected chi connectivity index (χ0v) is 14.9. The maximum atomic E-state index is 11.3. The highest BCUT2D eigenvalue weighted by Crippen LogP contribution is 2.29. The van der Waals surface area contributed by atoms with Crippen LogP contribution in [0.25, 0.3) is 0 Å². The molecular formula is C15H27NO11. The number of rotatable bonds is 6. The predicted molar refractivity (Wildman–Crippen MR) is 85.0 cm³/mol. The minimum absolute atomic E-state index is 0.537. The van der Waals surface area contributed by atoms with Crippen LogP contribution in [0.2, 0.25) is 0 Å². The molecule has 2 aliphatic rings. The van der Waals surface area contributed by atoms with Crippen molar-refractivity contribution in [3.8, 4) is 0 Å². The zero-order chi connectivity index (χ0) is 20.3. The van der Waals surface area contributed by atoms with Gasteiger partial charge < -0.3 is 54.9 Å². The molecule has 12 heteroatoms. The quantitative estimate of drug-likeness (QED) is 0.228. The molecule has 2 rings (SSSR count). The van der Waals surface area contributed by atoms with Gasteiger partial charge in [0.15, 0.2) is 12.6 Å². The van der Waals surface area contributed by atoms with Crippen LogP contribution in [0.5, 0.6) is 0 Å². The van der Waals surface area contributed by atoms with Gasteiger partial charge in [-0.25, -0.2) is 0 Å². The van der Waals surface area contributed by atoms with E-state index < -0.39 is 80.5 Å². The molecule has 7 N–H and O–H groups in total. The molecule has 0 spiro atoms. The molecule has 0 saturated carbocycles. The van der Waals surface area contributed by atoms with Crippen molar-refractivity contribution in [2.24, 2.45) is 0 Å². The van der Waals surface area contributed by atoms with Crippen LogP contribution in [-0.2, 0) is 23.7 Å². The lowest BCUT2D eigenvalue weighted by Gasteiger charge is -2.46. The van der Waals surface area contributed by atoms with Gasteiger partial charge in [0.2, 0.25) is 5.91 Å². The number of ether oxygens (including phenoxy) is 4. The summed E-state index contributed by atoms with van der Waals surface area (Å²) in [6.07, 6.45) is -12.2. The molecule has 12 nitrogen and oxygen atoms in total. The van der Waals surface area contributed by atoms with E-state index in [9.17, 15) is 35.4 Å². The summed E-state index contributed by atoms with van der Waals surface area (Å²) in [7, 11) is 1.24. The number of aliphatic hydroxyl groups is 6. The van der Waals surface area contributed by atoms with E-state index in [0.29, 0.717) is 0 Å². The number of aliphatic hydroxyl groups excluding tert-OH is 6. The van der Waals surface area contributed by atoms with Gasteiger partial charge >= 0.3 is 0 Å². The van der Waals surface area contributed by atoms with Gasteiger partial charge in [0.1, 0.15) is 48.8 Å². The van der Waals surface area contributed by atoms with Gasteiger partial charge in [-0.05, 0) is 0 Å². The maximum absolute atomic E-state index is 11.3. The Morgan fingerprint density at radius 2 is 1.59 bits per heavy atom. The van der Waals surface area contributed by atoms with E-state index in [1.807, 2.05) is 0 Å². The number of carbonyl (C=O) groups excluding carboxylic acids is 1. The molecule has 0 aliphatic carbocycles. The third-order valence-corrected chi connectivity index (χ3v) is 4.63. The highest BCUT2D eigenvalue weighted by Gasteiger charge is 2.51. The van der Waals surface area contributed by atoms with E-state index in [2.05, 4.69) is 5.32 Å². The Bertz CT molecular complexity index is 494. The normalized spacial score (nSPS) is 45.5. The molecule has 0 bridgehead atoms. The van der Waals surface area contributed by atoms with Crippen molar-refractivity contribution in [2.45, 2.75) is 68.3 Å². The van der Waals surface area contributed by atoms with Gasteiger partial charge in [-0.3, -0.25) is 4.79 Å². The lowest BCUT2D eigenvalue weighted by molar-refractivity contribution is -0.347. The number of hydrogen-bond donors (Lipinski definition) is 7. The largest absolute Gasteiger partial charge is 0.394 e. The minimum Gasteiger partial charge on any atom is -0.394 e. The fraction of sp³-hybridized carbons (Fsp3) is 0.933. The fourth-order valence-electron chi connectivity index (χ4n) is 3.21. The highest BCUT2D eigenvalue weighted by molar-refractivity contribution is 5.73. The molecule has 2 saturated heterocycles. The van der Waals surface area contributed by atoms with E-state index in [4.69, 9.17) is 18.9 Å². The second kappa shape index (κ2) is 9.52. The summed E-state index contributed by atoms with van der Waals surface area (Å²) in [5.41, 5.74) is 0. The Labute approximate surface area is 155 Å². The van der Waals surface area contributed by atoms with Crippen LogP contribution in [0, 0.1) is 0 Å². The van der Waals surface area contributed by atoms with E-state index in [0.717, 1.165) is 0 Å². The summed E-state index contributed by atoms with van der Waals surface area (Å²) < 4.78 is 21.3. The number of methoxy groups -OCH3 is 1. The molecule has 27 heavy (non-hydrogen) atoms. The van der Waals surface area contributed by atoms with Crippen LogP contribution < -0.4 is 5.32 Å². The van der Waals surface area contributed by atoms with Crippen molar-refractivity contribution in [1.82, 2.24) is 5.32 Å². The number of amides is 1. The zero-order valence-electron chi connectivity index (χ0n) is 14.9. The molecule has 0 radical (unpaired) electrons. The van der Waals surface area contributed by atoms with Crippen LogP contribution in [0.1, 0.15) is 6.92 Å².